The molecule has 18 heavy (non-hydrogen) atoms. The third-order valence-electron chi connectivity index (χ3n) is 3.18. The summed E-state index contributed by atoms with van der Waals surface area (Å²) in [5.74, 6) is 0. The van der Waals surface area contributed by atoms with Crippen molar-refractivity contribution in [1.82, 2.24) is 19.4 Å². The van der Waals surface area contributed by atoms with Gasteiger partial charge in [-0.3, -0.25) is 0 Å². The van der Waals surface area contributed by atoms with Gasteiger partial charge in [0.15, 0.2) is 0 Å². The van der Waals surface area contributed by atoms with E-state index in [1.807, 2.05) is 18.3 Å². The van der Waals surface area contributed by atoms with Crippen molar-refractivity contribution in [2.24, 2.45) is 12.1 Å². The highest BCUT2D eigenvalue weighted by Gasteiger charge is 2.08. The Bertz CT molecular complexity index is 706. The van der Waals surface area contributed by atoms with Crippen LogP contribution in [-0.4, -0.2) is 25.7 Å². The first-order valence-electron chi connectivity index (χ1n) is 5.70. The molecule has 0 aliphatic rings. The number of hydrogen-bond acceptors (Lipinski definition) is 3. The smallest absolute Gasteiger partial charge is 0.141 e. The summed E-state index contributed by atoms with van der Waals surface area (Å²) in [5, 5.41) is 13.0. The van der Waals surface area contributed by atoms with Crippen LogP contribution in [0.2, 0.25) is 0 Å². The molecule has 0 atom stereocenters. The van der Waals surface area contributed by atoms with Crippen LogP contribution in [0.15, 0.2) is 42.0 Å². The molecule has 0 fully saturated rings. The molecule has 5 nitrogen and oxygen atoms in total. The zero-order valence-electron chi connectivity index (χ0n) is 10.3. The second-order valence-electron chi connectivity index (χ2n) is 4.16. The molecule has 2 heterocycles. The summed E-state index contributed by atoms with van der Waals surface area (Å²) in [6, 6.07) is 8.30. The lowest BCUT2D eigenvalue weighted by Gasteiger charge is -1.97. The van der Waals surface area contributed by atoms with Crippen LogP contribution in [0.5, 0.6) is 0 Å². The molecule has 2 aromatic heterocycles. The van der Waals surface area contributed by atoms with E-state index >= 15 is 0 Å². The maximum atomic E-state index is 4.31. The van der Waals surface area contributed by atoms with Crippen molar-refractivity contribution in [3.63, 3.8) is 0 Å². The summed E-state index contributed by atoms with van der Waals surface area (Å²) in [5.41, 5.74) is 3.52. The van der Waals surface area contributed by atoms with Gasteiger partial charge in [0, 0.05) is 29.2 Å². The summed E-state index contributed by atoms with van der Waals surface area (Å²) in [6.45, 7) is 2.09. The molecule has 0 amide bonds. The number of aryl methyl sites for hydroxylation is 1. The zero-order chi connectivity index (χ0) is 12.5. The van der Waals surface area contributed by atoms with Crippen molar-refractivity contribution >= 4 is 17.1 Å². The standard InChI is InChI=1S/C13H13N5/c1-10-12(7-16-18-8-14-15-9-18)11-5-3-4-6-13(11)17(10)2/h3-9H,1-2H3/b16-7+. The maximum Gasteiger partial charge on any atom is 0.141 e. The SMILES string of the molecule is Cc1c(/C=N/n2cnnc2)c2ccccc2n1C. The van der Waals surface area contributed by atoms with Crippen LogP contribution in [-0.2, 0) is 7.05 Å². The lowest BCUT2D eigenvalue weighted by Crippen LogP contribution is -1.93. The molecular weight excluding hydrogens is 226 g/mol. The molecule has 0 unspecified atom stereocenters. The third-order valence-corrected chi connectivity index (χ3v) is 3.18. The molecule has 5 heteroatoms. The van der Waals surface area contributed by atoms with Crippen molar-refractivity contribution in [3.05, 3.63) is 48.2 Å². The van der Waals surface area contributed by atoms with E-state index in [9.17, 15) is 0 Å². The average Bonchev–Trinajstić information content (AvgIpc) is 2.98. The minimum absolute atomic E-state index is 1.13. The van der Waals surface area contributed by atoms with E-state index in [0.717, 1.165) is 5.56 Å². The molecule has 1 aromatic carbocycles. The summed E-state index contributed by atoms with van der Waals surface area (Å²) < 4.78 is 3.75. The average molecular weight is 239 g/mol. The van der Waals surface area contributed by atoms with Gasteiger partial charge in [-0.1, -0.05) is 18.2 Å². The molecule has 0 saturated heterocycles. The number of benzene rings is 1. The number of nitrogens with zero attached hydrogens (tertiary/aromatic N) is 5. The van der Waals surface area contributed by atoms with E-state index in [1.54, 1.807) is 17.3 Å². The first-order chi connectivity index (χ1) is 8.77. The molecule has 0 saturated carbocycles. The summed E-state index contributed by atoms with van der Waals surface area (Å²) in [4.78, 5) is 0. The van der Waals surface area contributed by atoms with Gasteiger partial charge in [-0.2, -0.15) is 5.10 Å². The zero-order valence-corrected chi connectivity index (χ0v) is 10.3. The second-order valence-corrected chi connectivity index (χ2v) is 4.16. The van der Waals surface area contributed by atoms with Crippen LogP contribution >= 0.6 is 0 Å². The Kier molecular flexibility index (Phi) is 2.44. The largest absolute Gasteiger partial charge is 0.347 e. The topological polar surface area (TPSA) is 48.0 Å². The van der Waals surface area contributed by atoms with Crippen molar-refractivity contribution in [1.29, 1.82) is 0 Å². The van der Waals surface area contributed by atoms with E-state index < -0.39 is 0 Å². The lowest BCUT2D eigenvalue weighted by atomic mass is 10.1. The molecule has 3 aromatic rings. The van der Waals surface area contributed by atoms with Crippen molar-refractivity contribution in [3.8, 4) is 0 Å². The predicted molar refractivity (Wildman–Crippen MR) is 70.7 cm³/mol. The fraction of sp³-hybridized carbons (Fsp3) is 0.154. The maximum absolute atomic E-state index is 4.31. The summed E-state index contributed by atoms with van der Waals surface area (Å²) >= 11 is 0. The van der Waals surface area contributed by atoms with Crippen LogP contribution in [0.4, 0.5) is 0 Å². The van der Waals surface area contributed by atoms with Gasteiger partial charge in [-0.15, -0.1) is 10.2 Å². The van der Waals surface area contributed by atoms with Crippen molar-refractivity contribution in [2.45, 2.75) is 6.92 Å². The summed E-state index contributed by atoms with van der Waals surface area (Å²) in [7, 11) is 2.06. The Morgan fingerprint density at radius 3 is 2.67 bits per heavy atom. The summed E-state index contributed by atoms with van der Waals surface area (Å²) in [6.07, 6.45) is 4.98. The Morgan fingerprint density at radius 1 is 1.17 bits per heavy atom. The van der Waals surface area contributed by atoms with Gasteiger partial charge in [0.1, 0.15) is 12.7 Å². The molecular formula is C13H13N5. The van der Waals surface area contributed by atoms with E-state index in [2.05, 4.69) is 46.0 Å². The molecule has 0 N–H and O–H groups in total. The van der Waals surface area contributed by atoms with Crippen LogP contribution in [0, 0.1) is 6.92 Å². The fourth-order valence-electron chi connectivity index (χ4n) is 2.09. The third kappa shape index (κ3) is 1.60. The normalized spacial score (nSPS) is 11.7. The van der Waals surface area contributed by atoms with Crippen LogP contribution in [0.25, 0.3) is 10.9 Å². The second kappa shape index (κ2) is 4.10. The highest BCUT2D eigenvalue weighted by Crippen LogP contribution is 2.22. The van der Waals surface area contributed by atoms with E-state index in [4.69, 9.17) is 0 Å². The van der Waals surface area contributed by atoms with Gasteiger partial charge in [0.2, 0.25) is 0 Å². The first kappa shape index (κ1) is 10.7. The first-order valence-corrected chi connectivity index (χ1v) is 5.70. The highest BCUT2D eigenvalue weighted by molar-refractivity contribution is 6.01. The van der Waals surface area contributed by atoms with E-state index in [1.165, 1.54) is 16.6 Å². The van der Waals surface area contributed by atoms with Gasteiger partial charge in [0.05, 0.1) is 6.21 Å². The Hall–Kier alpha value is -2.43. The van der Waals surface area contributed by atoms with E-state index in [-0.39, 0.29) is 0 Å². The molecule has 0 spiro atoms. The van der Waals surface area contributed by atoms with Gasteiger partial charge < -0.3 is 4.57 Å². The molecule has 3 rings (SSSR count). The van der Waals surface area contributed by atoms with Gasteiger partial charge in [-0.25, -0.2) is 4.68 Å². The number of fused-ring (bicyclic) bond motifs is 1. The predicted octanol–water partition coefficient (Wildman–Crippen LogP) is 1.96. The monoisotopic (exact) mass is 239 g/mol. The van der Waals surface area contributed by atoms with Gasteiger partial charge in [-0.05, 0) is 13.0 Å². The van der Waals surface area contributed by atoms with Crippen LogP contribution in [0.1, 0.15) is 11.3 Å². The number of rotatable bonds is 2. The van der Waals surface area contributed by atoms with E-state index in [0.29, 0.717) is 0 Å². The molecule has 0 aliphatic heterocycles. The number of hydrogen-bond donors (Lipinski definition) is 0. The number of aromatic nitrogens is 4. The van der Waals surface area contributed by atoms with Gasteiger partial charge in [0.25, 0.3) is 0 Å². The lowest BCUT2D eigenvalue weighted by molar-refractivity contribution is 0.876. The quantitative estimate of drug-likeness (QED) is 0.642. The Morgan fingerprint density at radius 2 is 1.89 bits per heavy atom. The molecule has 90 valence electrons. The minimum atomic E-state index is 1.13. The van der Waals surface area contributed by atoms with Crippen LogP contribution < -0.4 is 0 Å². The van der Waals surface area contributed by atoms with Crippen molar-refractivity contribution < 1.29 is 0 Å². The Balaban J connectivity index is 2.14. The number of para-hydroxylation sites is 1. The van der Waals surface area contributed by atoms with Gasteiger partial charge >= 0.3 is 0 Å². The highest BCUT2D eigenvalue weighted by atomic mass is 15.4. The molecule has 0 bridgehead atoms. The minimum Gasteiger partial charge on any atom is -0.347 e. The van der Waals surface area contributed by atoms with Crippen molar-refractivity contribution in [2.75, 3.05) is 0 Å². The Labute approximate surface area is 104 Å². The molecule has 0 radical (unpaired) electrons. The molecule has 0 aliphatic carbocycles. The van der Waals surface area contributed by atoms with Crippen LogP contribution in [0.3, 0.4) is 0 Å². The fourth-order valence-corrected chi connectivity index (χ4v) is 2.09.